The molecule has 3 aromatic rings. The van der Waals surface area contributed by atoms with Crippen molar-refractivity contribution in [1.82, 2.24) is 9.97 Å². The number of fused-ring (bicyclic) bond motifs is 1. The van der Waals surface area contributed by atoms with Crippen LogP contribution in [-0.2, 0) is 0 Å². The number of nitrogens with zero attached hydrogens (tertiary/aromatic N) is 2. The monoisotopic (exact) mass is 249 g/mol. The van der Waals surface area contributed by atoms with Crippen molar-refractivity contribution in [3.63, 3.8) is 0 Å². The molecule has 0 radical (unpaired) electrons. The van der Waals surface area contributed by atoms with E-state index < -0.39 is 0 Å². The molecule has 19 heavy (non-hydrogen) atoms. The number of aryl methyl sites for hydroxylation is 2. The highest BCUT2D eigenvalue weighted by Gasteiger charge is 2.08. The third-order valence-corrected chi connectivity index (χ3v) is 3.15. The SMILES string of the molecule is Cc1cccc(-c2nc3cc(N)ccc3nc2C)c1. The number of benzene rings is 2. The van der Waals surface area contributed by atoms with Gasteiger partial charge in [-0.25, -0.2) is 9.97 Å². The molecular weight excluding hydrogens is 234 g/mol. The van der Waals surface area contributed by atoms with Crippen molar-refractivity contribution in [3.8, 4) is 11.3 Å². The lowest BCUT2D eigenvalue weighted by molar-refractivity contribution is 1.19. The summed E-state index contributed by atoms with van der Waals surface area (Å²) in [5, 5.41) is 0. The Balaban J connectivity index is 2.26. The van der Waals surface area contributed by atoms with Gasteiger partial charge in [-0.05, 0) is 38.1 Å². The van der Waals surface area contributed by atoms with Gasteiger partial charge in [-0.15, -0.1) is 0 Å². The van der Waals surface area contributed by atoms with Gasteiger partial charge in [0, 0.05) is 11.3 Å². The predicted octanol–water partition coefficient (Wildman–Crippen LogP) is 3.50. The minimum absolute atomic E-state index is 0.709. The second kappa shape index (κ2) is 4.35. The highest BCUT2D eigenvalue weighted by atomic mass is 14.8. The number of nitrogen functional groups attached to an aromatic ring is 1. The number of anilines is 1. The molecule has 0 bridgehead atoms. The maximum atomic E-state index is 5.81. The second-order valence-corrected chi connectivity index (χ2v) is 4.78. The van der Waals surface area contributed by atoms with E-state index in [0.717, 1.165) is 28.0 Å². The van der Waals surface area contributed by atoms with E-state index in [9.17, 15) is 0 Å². The van der Waals surface area contributed by atoms with Gasteiger partial charge in [0.2, 0.25) is 0 Å². The zero-order chi connectivity index (χ0) is 13.4. The third-order valence-electron chi connectivity index (χ3n) is 3.15. The molecule has 1 aromatic heterocycles. The Morgan fingerprint density at radius 3 is 2.53 bits per heavy atom. The molecular formula is C16H15N3. The number of nitrogens with two attached hydrogens (primary N) is 1. The Bertz CT molecular complexity index is 763. The molecule has 0 fully saturated rings. The van der Waals surface area contributed by atoms with E-state index in [0.29, 0.717) is 5.69 Å². The summed E-state index contributed by atoms with van der Waals surface area (Å²) in [5.74, 6) is 0. The first-order chi connectivity index (χ1) is 9.13. The van der Waals surface area contributed by atoms with Crippen molar-refractivity contribution in [2.45, 2.75) is 13.8 Å². The second-order valence-electron chi connectivity index (χ2n) is 4.78. The first kappa shape index (κ1) is 11.7. The fraction of sp³-hybridized carbons (Fsp3) is 0.125. The quantitative estimate of drug-likeness (QED) is 0.671. The smallest absolute Gasteiger partial charge is 0.0922 e. The molecule has 2 aromatic carbocycles. The normalized spacial score (nSPS) is 10.8. The van der Waals surface area contributed by atoms with Gasteiger partial charge >= 0.3 is 0 Å². The van der Waals surface area contributed by atoms with Crippen molar-refractivity contribution >= 4 is 16.7 Å². The van der Waals surface area contributed by atoms with Crippen LogP contribution in [0.5, 0.6) is 0 Å². The number of aromatic nitrogens is 2. The number of hydrogen-bond acceptors (Lipinski definition) is 3. The van der Waals surface area contributed by atoms with Crippen LogP contribution >= 0.6 is 0 Å². The molecule has 3 rings (SSSR count). The van der Waals surface area contributed by atoms with Gasteiger partial charge in [0.1, 0.15) is 0 Å². The van der Waals surface area contributed by atoms with Crippen LogP contribution in [-0.4, -0.2) is 9.97 Å². The topological polar surface area (TPSA) is 51.8 Å². The Labute approximate surface area is 112 Å². The van der Waals surface area contributed by atoms with E-state index in [2.05, 4.69) is 30.1 Å². The largest absolute Gasteiger partial charge is 0.399 e. The van der Waals surface area contributed by atoms with Gasteiger partial charge in [0.25, 0.3) is 0 Å². The zero-order valence-electron chi connectivity index (χ0n) is 11.0. The molecule has 0 saturated heterocycles. The molecule has 0 saturated carbocycles. The van der Waals surface area contributed by atoms with Crippen LogP contribution in [0.15, 0.2) is 42.5 Å². The molecule has 0 unspecified atom stereocenters. The van der Waals surface area contributed by atoms with E-state index >= 15 is 0 Å². The van der Waals surface area contributed by atoms with Crippen molar-refractivity contribution in [2.24, 2.45) is 0 Å². The van der Waals surface area contributed by atoms with E-state index in [1.807, 2.05) is 31.2 Å². The lowest BCUT2D eigenvalue weighted by Crippen LogP contribution is -1.95. The molecule has 94 valence electrons. The summed E-state index contributed by atoms with van der Waals surface area (Å²) in [7, 11) is 0. The summed E-state index contributed by atoms with van der Waals surface area (Å²) >= 11 is 0. The van der Waals surface area contributed by atoms with Crippen molar-refractivity contribution in [1.29, 1.82) is 0 Å². The molecule has 0 atom stereocenters. The van der Waals surface area contributed by atoms with Crippen LogP contribution in [0.3, 0.4) is 0 Å². The fourth-order valence-corrected chi connectivity index (χ4v) is 2.23. The average Bonchev–Trinajstić information content (AvgIpc) is 2.38. The molecule has 3 nitrogen and oxygen atoms in total. The summed E-state index contributed by atoms with van der Waals surface area (Å²) < 4.78 is 0. The number of hydrogen-bond donors (Lipinski definition) is 1. The minimum Gasteiger partial charge on any atom is -0.399 e. The van der Waals surface area contributed by atoms with Crippen LogP contribution < -0.4 is 5.73 Å². The maximum absolute atomic E-state index is 5.81. The summed E-state index contributed by atoms with van der Waals surface area (Å²) in [4.78, 5) is 9.31. The standard InChI is InChI=1S/C16H15N3/c1-10-4-3-5-12(8-10)16-11(2)18-14-7-6-13(17)9-15(14)19-16/h3-9H,17H2,1-2H3. The lowest BCUT2D eigenvalue weighted by Gasteiger charge is -2.08. The lowest BCUT2D eigenvalue weighted by atomic mass is 10.1. The Morgan fingerprint density at radius 2 is 1.74 bits per heavy atom. The van der Waals surface area contributed by atoms with Crippen LogP contribution in [0.4, 0.5) is 5.69 Å². The first-order valence-electron chi connectivity index (χ1n) is 6.24. The first-order valence-corrected chi connectivity index (χ1v) is 6.24. The highest BCUT2D eigenvalue weighted by Crippen LogP contribution is 2.24. The summed E-state index contributed by atoms with van der Waals surface area (Å²) in [6, 6.07) is 13.9. The van der Waals surface area contributed by atoms with Crippen molar-refractivity contribution < 1.29 is 0 Å². The zero-order valence-corrected chi connectivity index (χ0v) is 11.0. The molecule has 0 aliphatic heterocycles. The molecule has 0 amide bonds. The molecule has 1 heterocycles. The summed E-state index contributed by atoms with van der Waals surface area (Å²) in [6.45, 7) is 4.06. The van der Waals surface area contributed by atoms with Gasteiger partial charge < -0.3 is 5.73 Å². The van der Waals surface area contributed by atoms with Gasteiger partial charge in [0.05, 0.1) is 22.4 Å². The van der Waals surface area contributed by atoms with Crippen LogP contribution in [0.2, 0.25) is 0 Å². The fourth-order valence-electron chi connectivity index (χ4n) is 2.23. The molecule has 3 heteroatoms. The van der Waals surface area contributed by atoms with Crippen molar-refractivity contribution in [3.05, 3.63) is 53.7 Å². The number of rotatable bonds is 1. The Hall–Kier alpha value is -2.42. The van der Waals surface area contributed by atoms with Gasteiger partial charge in [-0.2, -0.15) is 0 Å². The Morgan fingerprint density at radius 1 is 0.895 bits per heavy atom. The van der Waals surface area contributed by atoms with Gasteiger partial charge in [-0.3, -0.25) is 0 Å². The maximum Gasteiger partial charge on any atom is 0.0922 e. The van der Waals surface area contributed by atoms with Crippen molar-refractivity contribution in [2.75, 3.05) is 5.73 Å². The molecule has 0 aliphatic carbocycles. The van der Waals surface area contributed by atoms with E-state index in [4.69, 9.17) is 10.7 Å². The Kier molecular flexibility index (Phi) is 2.67. The van der Waals surface area contributed by atoms with E-state index in [-0.39, 0.29) is 0 Å². The van der Waals surface area contributed by atoms with E-state index in [1.54, 1.807) is 0 Å². The highest BCUT2D eigenvalue weighted by molar-refractivity contribution is 5.81. The predicted molar refractivity (Wildman–Crippen MR) is 78.9 cm³/mol. The molecule has 2 N–H and O–H groups in total. The minimum atomic E-state index is 0.709. The average molecular weight is 249 g/mol. The third kappa shape index (κ3) is 2.15. The molecule has 0 aliphatic rings. The molecule has 0 spiro atoms. The van der Waals surface area contributed by atoms with Gasteiger partial charge in [-0.1, -0.05) is 23.8 Å². The van der Waals surface area contributed by atoms with E-state index in [1.165, 1.54) is 5.56 Å². The van der Waals surface area contributed by atoms with Gasteiger partial charge in [0.15, 0.2) is 0 Å². The summed E-state index contributed by atoms with van der Waals surface area (Å²) in [5.41, 5.74) is 12.4. The van der Waals surface area contributed by atoms with Crippen LogP contribution in [0.1, 0.15) is 11.3 Å². The summed E-state index contributed by atoms with van der Waals surface area (Å²) in [6.07, 6.45) is 0. The van der Waals surface area contributed by atoms with Crippen LogP contribution in [0.25, 0.3) is 22.3 Å². The van der Waals surface area contributed by atoms with Crippen LogP contribution in [0, 0.1) is 13.8 Å².